The Balaban J connectivity index is 0.000000418. The van der Waals surface area contributed by atoms with Crippen LogP contribution in [0.4, 0.5) is 0 Å². The minimum atomic E-state index is 0.375. The van der Waals surface area contributed by atoms with Gasteiger partial charge in [-0.1, -0.05) is 60.7 Å². The van der Waals surface area contributed by atoms with Crippen molar-refractivity contribution in [3.05, 3.63) is 97.3 Å². The molecule has 0 saturated carbocycles. The Morgan fingerprint density at radius 2 is 0.871 bits per heavy atom. The number of benzene rings is 3. The van der Waals surface area contributed by atoms with Crippen LogP contribution in [0, 0.1) is 0 Å². The number of pyridine rings is 2. The van der Waals surface area contributed by atoms with Crippen molar-refractivity contribution in [2.24, 2.45) is 0 Å². The van der Waals surface area contributed by atoms with Gasteiger partial charge in [-0.2, -0.15) is 0 Å². The molecule has 0 spiro atoms. The Bertz CT molecular complexity index is 1130. The number of rotatable bonds is 4. The van der Waals surface area contributed by atoms with Gasteiger partial charge in [0.1, 0.15) is 0 Å². The van der Waals surface area contributed by atoms with Gasteiger partial charge in [-0.3, -0.25) is 9.97 Å². The largest absolute Gasteiger partial charge is 0.469 e. The highest BCUT2D eigenvalue weighted by molar-refractivity contribution is 6.32. The van der Waals surface area contributed by atoms with Gasteiger partial charge in [-0.05, 0) is 45.8 Å². The van der Waals surface area contributed by atoms with Crippen LogP contribution < -0.4 is 0 Å². The van der Waals surface area contributed by atoms with Gasteiger partial charge in [0.05, 0.1) is 11.4 Å². The van der Waals surface area contributed by atoms with Crippen molar-refractivity contribution < 1.29 is 14.6 Å². The smallest absolute Gasteiger partial charge is 0.456 e. The average Bonchev–Trinajstić information content (AvgIpc) is 2.84. The van der Waals surface area contributed by atoms with E-state index in [1.807, 2.05) is 36.7 Å². The number of fused-ring (bicyclic) bond motifs is 2. The van der Waals surface area contributed by atoms with E-state index in [1.165, 1.54) is 32.7 Å². The summed E-state index contributed by atoms with van der Waals surface area (Å²) in [4.78, 5) is 9.27. The lowest BCUT2D eigenvalue weighted by atomic mass is 9.89. The van der Waals surface area contributed by atoms with E-state index in [9.17, 15) is 0 Å². The summed E-state index contributed by atoms with van der Waals surface area (Å²) in [7, 11) is 0.750. The molecule has 31 heavy (non-hydrogen) atoms. The Morgan fingerprint density at radius 3 is 1.13 bits per heavy atom. The van der Waals surface area contributed by atoms with Crippen molar-refractivity contribution in [2.45, 2.75) is 0 Å². The average molecular weight is 404 g/mol. The van der Waals surface area contributed by atoms with Crippen molar-refractivity contribution in [3.63, 3.8) is 0 Å². The summed E-state index contributed by atoms with van der Waals surface area (Å²) in [5, 5.41) is 19.9. The van der Waals surface area contributed by atoms with Gasteiger partial charge < -0.3 is 14.6 Å². The molecule has 2 N–H and O–H groups in total. The van der Waals surface area contributed by atoms with Crippen LogP contribution in [0.5, 0.6) is 0 Å². The van der Waals surface area contributed by atoms with Crippen molar-refractivity contribution in [1.29, 1.82) is 0 Å². The molecule has 5 nitrogen and oxygen atoms in total. The topological polar surface area (TPSA) is 75.5 Å². The Morgan fingerprint density at radius 1 is 0.516 bits per heavy atom. The Kier molecular flexibility index (Phi) is 6.69. The molecular weight excluding hydrogens is 386 g/mol. The molecule has 7 heteroatoms. The third-order valence-electron chi connectivity index (χ3n) is 4.90. The fraction of sp³-hybridized carbons (Fsp3) is 0. The van der Waals surface area contributed by atoms with Crippen LogP contribution in [0.2, 0.25) is 0 Å². The van der Waals surface area contributed by atoms with E-state index in [0.29, 0.717) is 15.4 Å². The van der Waals surface area contributed by atoms with Gasteiger partial charge >= 0.3 is 15.4 Å². The van der Waals surface area contributed by atoms with Crippen molar-refractivity contribution in [2.75, 3.05) is 0 Å². The third-order valence-corrected chi connectivity index (χ3v) is 4.90. The van der Waals surface area contributed by atoms with Crippen LogP contribution >= 0.6 is 0 Å². The lowest BCUT2D eigenvalue weighted by molar-refractivity contribution is 0.408. The molecule has 148 valence electrons. The number of nitrogens with zero attached hydrogens (tertiary/aromatic N) is 2. The molecule has 2 aromatic heterocycles. The van der Waals surface area contributed by atoms with Gasteiger partial charge in [0.2, 0.25) is 0 Å². The monoisotopic (exact) mass is 404 g/mol. The first-order valence-electron chi connectivity index (χ1n) is 9.68. The zero-order valence-electron chi connectivity index (χ0n) is 16.6. The lowest BCUT2D eigenvalue weighted by Crippen LogP contribution is -2.00. The van der Waals surface area contributed by atoms with E-state index in [-0.39, 0.29) is 0 Å². The summed E-state index contributed by atoms with van der Waals surface area (Å²) in [5.41, 5.74) is 4.34. The number of hydrogen-bond acceptors (Lipinski definition) is 5. The fourth-order valence-electron chi connectivity index (χ4n) is 3.73. The van der Waals surface area contributed by atoms with Crippen molar-refractivity contribution >= 4 is 36.9 Å². The molecule has 0 unspecified atom stereocenters. The van der Waals surface area contributed by atoms with E-state index in [4.69, 9.17) is 10.0 Å². The molecule has 0 bridgehead atoms. The first-order chi connectivity index (χ1) is 15.3. The van der Waals surface area contributed by atoms with Gasteiger partial charge in [0, 0.05) is 23.5 Å². The molecule has 5 rings (SSSR count). The second-order valence-electron chi connectivity index (χ2n) is 6.62. The number of aromatic nitrogens is 2. The minimum absolute atomic E-state index is 0.375. The zero-order chi connectivity index (χ0) is 21.5. The second-order valence-corrected chi connectivity index (χ2v) is 6.62. The van der Waals surface area contributed by atoms with Crippen LogP contribution in [0.3, 0.4) is 0 Å². The van der Waals surface area contributed by atoms with Gasteiger partial charge in [0.15, 0.2) is 0 Å². The van der Waals surface area contributed by atoms with Crippen LogP contribution in [0.1, 0.15) is 0 Å². The first kappa shape index (κ1) is 20.8. The summed E-state index contributed by atoms with van der Waals surface area (Å²) < 4.78 is 3.69. The number of hydrogen-bond donors (Lipinski definition) is 2. The lowest BCUT2D eigenvalue weighted by Gasteiger charge is -2.16. The molecule has 3 aromatic carbocycles. The predicted molar refractivity (Wildman–Crippen MR) is 125 cm³/mol. The van der Waals surface area contributed by atoms with Gasteiger partial charge in [-0.25, -0.2) is 0 Å². The highest BCUT2D eigenvalue weighted by Gasteiger charge is 2.16. The van der Waals surface area contributed by atoms with Crippen molar-refractivity contribution in [3.8, 4) is 22.5 Å². The molecule has 0 amide bonds. The quantitative estimate of drug-likeness (QED) is 0.348. The molecule has 0 aliphatic heterocycles. The van der Waals surface area contributed by atoms with Crippen LogP contribution in [0.25, 0.3) is 44.1 Å². The molecule has 2 heterocycles. The first-order valence-corrected chi connectivity index (χ1v) is 9.68. The van der Waals surface area contributed by atoms with Gasteiger partial charge in [-0.15, -0.1) is 0 Å². The highest BCUT2D eigenvalue weighted by Crippen LogP contribution is 2.42. The molecular formula is C24H18B2N2O3. The summed E-state index contributed by atoms with van der Waals surface area (Å²) in [6.45, 7) is 0. The van der Waals surface area contributed by atoms with Crippen LogP contribution in [-0.2, 0) is 4.57 Å². The van der Waals surface area contributed by atoms with Gasteiger partial charge in [0.25, 0.3) is 0 Å². The van der Waals surface area contributed by atoms with E-state index in [2.05, 4.69) is 75.2 Å². The summed E-state index contributed by atoms with van der Waals surface area (Å²) in [6.07, 6.45) is 3.71. The Labute approximate surface area is 181 Å². The standard InChI is InChI=1S/C24H16N2.B2H2O3/c1-2-10-18-17(9-1)23(21-13-5-7-15-25-21)19-11-3-4-12-20(19)24(18)22-14-6-8-16-26-22;3-1-5-2-4/h1-16H;3-4H. The normalized spacial score (nSPS) is 10.4. The Hall–Kier alpha value is -3.51. The van der Waals surface area contributed by atoms with Crippen LogP contribution in [0.15, 0.2) is 97.3 Å². The summed E-state index contributed by atoms with van der Waals surface area (Å²) in [5.74, 6) is 0. The maximum absolute atomic E-state index is 7.53. The fourth-order valence-corrected chi connectivity index (χ4v) is 3.73. The molecule has 0 fully saturated rings. The van der Waals surface area contributed by atoms with E-state index >= 15 is 0 Å². The van der Waals surface area contributed by atoms with E-state index < -0.39 is 0 Å². The minimum Gasteiger partial charge on any atom is -0.456 e. The second kappa shape index (κ2) is 10.00. The summed E-state index contributed by atoms with van der Waals surface area (Å²) in [6, 6.07) is 29.2. The summed E-state index contributed by atoms with van der Waals surface area (Å²) >= 11 is 0. The molecule has 0 atom stereocenters. The van der Waals surface area contributed by atoms with E-state index in [1.54, 1.807) is 0 Å². The molecule has 2 radical (unpaired) electrons. The van der Waals surface area contributed by atoms with Crippen molar-refractivity contribution in [1.82, 2.24) is 9.97 Å². The van der Waals surface area contributed by atoms with Crippen LogP contribution in [-0.4, -0.2) is 35.4 Å². The highest BCUT2D eigenvalue weighted by atomic mass is 16.5. The maximum atomic E-state index is 7.53. The zero-order valence-corrected chi connectivity index (χ0v) is 16.6. The molecule has 5 aromatic rings. The molecule has 0 saturated heterocycles. The third kappa shape index (κ3) is 4.34. The van der Waals surface area contributed by atoms with E-state index in [0.717, 1.165) is 11.4 Å². The molecule has 0 aliphatic rings. The maximum Gasteiger partial charge on any atom is 0.469 e. The SMILES string of the molecule is O[B]O[B]O.c1ccc(-c2c3ccccc3c(-c3ccccn3)c3ccccc23)nc1. The molecule has 0 aliphatic carbocycles. The predicted octanol–water partition coefficient (Wildman–Crippen LogP) is 4.17.